The maximum absolute atomic E-state index is 12.1. The Kier molecular flexibility index (Phi) is 5.77. The van der Waals surface area contributed by atoms with Gasteiger partial charge in [-0.05, 0) is 36.8 Å². The van der Waals surface area contributed by atoms with Gasteiger partial charge in [0.25, 0.3) is 0 Å². The van der Waals surface area contributed by atoms with Crippen molar-refractivity contribution in [3.05, 3.63) is 35.4 Å². The number of rotatable bonds is 1. The molecule has 1 aliphatic heterocycles. The van der Waals surface area contributed by atoms with Crippen molar-refractivity contribution >= 4 is 18.5 Å². The number of carbonyl (C=O) groups excluding carboxylic acids is 1. The van der Waals surface area contributed by atoms with Gasteiger partial charge in [-0.15, -0.1) is 0 Å². The molecule has 2 nitrogen and oxygen atoms in total. The number of aryl methyl sites for hydroxylation is 1. The summed E-state index contributed by atoms with van der Waals surface area (Å²) in [6, 6.07) is 8.67. The Labute approximate surface area is 121 Å². The number of carbonyl (C=O) groups is 1. The van der Waals surface area contributed by atoms with E-state index in [4.69, 9.17) is 0 Å². The van der Waals surface area contributed by atoms with Gasteiger partial charge in [-0.3, -0.25) is 4.79 Å². The lowest BCUT2D eigenvalue weighted by Gasteiger charge is -2.15. The monoisotopic (exact) mass is 277 g/mol. The van der Waals surface area contributed by atoms with E-state index in [1.807, 2.05) is 0 Å². The molecule has 1 atom stereocenters. The zero-order valence-corrected chi connectivity index (χ0v) is 12.3. The standard InChI is InChI=1S/C16H23NOS/c18-16-15(12-19)11-14-8-5-7-13(10-14)6-3-1-2-4-9-17-16/h5,7-8,10,15,19H,1-4,6,9,11-12H2,(H,17,18)/t15-/m1/s1. The summed E-state index contributed by atoms with van der Waals surface area (Å²) in [7, 11) is 0. The maximum atomic E-state index is 12.1. The van der Waals surface area contributed by atoms with Crippen LogP contribution in [0.1, 0.15) is 36.8 Å². The largest absolute Gasteiger partial charge is 0.356 e. The van der Waals surface area contributed by atoms with Crippen LogP contribution in [0.15, 0.2) is 24.3 Å². The summed E-state index contributed by atoms with van der Waals surface area (Å²) in [5, 5.41) is 3.04. The molecule has 1 N–H and O–H groups in total. The van der Waals surface area contributed by atoms with Gasteiger partial charge in [0.15, 0.2) is 0 Å². The average Bonchev–Trinajstić information content (AvgIpc) is 2.44. The smallest absolute Gasteiger partial charge is 0.224 e. The minimum Gasteiger partial charge on any atom is -0.356 e. The molecule has 2 bridgehead atoms. The van der Waals surface area contributed by atoms with Gasteiger partial charge in [-0.1, -0.05) is 37.1 Å². The highest BCUT2D eigenvalue weighted by Gasteiger charge is 2.17. The SMILES string of the molecule is O=C1NCCCCCCc2cccc(c2)C[C@@H]1CS. The Morgan fingerprint density at radius 1 is 1.16 bits per heavy atom. The van der Waals surface area contributed by atoms with E-state index >= 15 is 0 Å². The number of thiol groups is 1. The van der Waals surface area contributed by atoms with E-state index in [2.05, 4.69) is 42.2 Å². The first kappa shape index (κ1) is 14.4. The zero-order valence-electron chi connectivity index (χ0n) is 11.4. The predicted molar refractivity (Wildman–Crippen MR) is 82.7 cm³/mol. The first-order valence-electron chi connectivity index (χ1n) is 7.26. The molecule has 1 aliphatic rings. The lowest BCUT2D eigenvalue weighted by atomic mass is 9.97. The second-order valence-corrected chi connectivity index (χ2v) is 5.72. The van der Waals surface area contributed by atoms with Crippen LogP contribution in [0.25, 0.3) is 0 Å². The molecule has 0 radical (unpaired) electrons. The van der Waals surface area contributed by atoms with Crippen LogP contribution in [0.3, 0.4) is 0 Å². The molecule has 0 aliphatic carbocycles. The van der Waals surface area contributed by atoms with Crippen molar-refractivity contribution in [2.45, 2.75) is 38.5 Å². The third-order valence-electron chi connectivity index (χ3n) is 3.76. The molecule has 1 aromatic rings. The van der Waals surface area contributed by atoms with Crippen LogP contribution in [0.2, 0.25) is 0 Å². The summed E-state index contributed by atoms with van der Waals surface area (Å²) in [6.07, 6.45) is 6.72. The van der Waals surface area contributed by atoms with Crippen LogP contribution in [0, 0.1) is 5.92 Å². The van der Waals surface area contributed by atoms with E-state index in [1.54, 1.807) is 0 Å². The molecule has 0 fully saturated rings. The molecular weight excluding hydrogens is 254 g/mol. The van der Waals surface area contributed by atoms with Crippen molar-refractivity contribution in [3.63, 3.8) is 0 Å². The molecular formula is C16H23NOS. The average molecular weight is 277 g/mol. The Hall–Kier alpha value is -0.960. The summed E-state index contributed by atoms with van der Waals surface area (Å²) < 4.78 is 0. The lowest BCUT2D eigenvalue weighted by molar-refractivity contribution is -0.124. The minimum absolute atomic E-state index is 0.0145. The molecule has 2 rings (SSSR count). The van der Waals surface area contributed by atoms with E-state index in [1.165, 1.54) is 30.4 Å². The summed E-state index contributed by atoms with van der Waals surface area (Å²) >= 11 is 4.33. The van der Waals surface area contributed by atoms with Crippen molar-refractivity contribution in [2.75, 3.05) is 12.3 Å². The second-order valence-electron chi connectivity index (χ2n) is 5.36. The highest BCUT2D eigenvalue weighted by atomic mass is 32.1. The van der Waals surface area contributed by atoms with Crippen molar-refractivity contribution in [1.29, 1.82) is 0 Å². The Morgan fingerprint density at radius 3 is 2.79 bits per heavy atom. The minimum atomic E-state index is -0.0145. The van der Waals surface area contributed by atoms with E-state index in [0.717, 1.165) is 25.8 Å². The van der Waals surface area contributed by atoms with Crippen molar-refractivity contribution < 1.29 is 4.79 Å². The summed E-state index contributed by atoms with van der Waals surface area (Å²) in [6.45, 7) is 0.806. The zero-order chi connectivity index (χ0) is 13.5. The highest BCUT2D eigenvalue weighted by molar-refractivity contribution is 7.80. The third-order valence-corrected chi connectivity index (χ3v) is 4.20. The van der Waals surface area contributed by atoms with Gasteiger partial charge in [-0.25, -0.2) is 0 Å². The maximum Gasteiger partial charge on any atom is 0.224 e. The molecule has 3 heteroatoms. The fourth-order valence-corrected chi connectivity index (χ4v) is 2.90. The molecule has 0 unspecified atom stereocenters. The fraction of sp³-hybridized carbons (Fsp3) is 0.562. The number of fused-ring (bicyclic) bond motifs is 2. The molecule has 0 saturated heterocycles. The van der Waals surface area contributed by atoms with Crippen LogP contribution >= 0.6 is 12.6 Å². The van der Waals surface area contributed by atoms with Crippen LogP contribution < -0.4 is 5.32 Å². The van der Waals surface area contributed by atoms with Gasteiger partial charge in [0.2, 0.25) is 5.91 Å². The summed E-state index contributed by atoms with van der Waals surface area (Å²) in [5.41, 5.74) is 2.65. The van der Waals surface area contributed by atoms with Crippen LogP contribution in [-0.2, 0) is 17.6 Å². The van der Waals surface area contributed by atoms with Gasteiger partial charge < -0.3 is 5.32 Å². The van der Waals surface area contributed by atoms with Gasteiger partial charge in [0.1, 0.15) is 0 Å². The Bertz CT molecular complexity index is 419. The van der Waals surface area contributed by atoms with E-state index in [0.29, 0.717) is 5.75 Å². The van der Waals surface area contributed by atoms with E-state index < -0.39 is 0 Å². The summed E-state index contributed by atoms with van der Waals surface area (Å²) in [4.78, 5) is 12.1. The van der Waals surface area contributed by atoms with E-state index in [-0.39, 0.29) is 11.8 Å². The highest BCUT2D eigenvalue weighted by Crippen LogP contribution is 2.15. The van der Waals surface area contributed by atoms with Gasteiger partial charge in [0.05, 0.1) is 5.92 Å². The molecule has 19 heavy (non-hydrogen) atoms. The molecule has 0 aromatic heterocycles. The van der Waals surface area contributed by atoms with Crippen LogP contribution in [0.5, 0.6) is 0 Å². The Morgan fingerprint density at radius 2 is 1.95 bits per heavy atom. The first-order chi connectivity index (χ1) is 9.29. The molecule has 0 saturated carbocycles. The molecule has 1 heterocycles. The Balaban J connectivity index is 2.13. The normalized spacial score (nSPS) is 21.7. The molecule has 1 aromatic carbocycles. The first-order valence-corrected chi connectivity index (χ1v) is 7.89. The lowest BCUT2D eigenvalue weighted by Crippen LogP contribution is -2.33. The molecule has 104 valence electrons. The third kappa shape index (κ3) is 4.57. The topological polar surface area (TPSA) is 29.1 Å². The van der Waals surface area contributed by atoms with Crippen molar-refractivity contribution in [2.24, 2.45) is 5.92 Å². The summed E-state index contributed by atoms with van der Waals surface area (Å²) in [5.74, 6) is 0.745. The van der Waals surface area contributed by atoms with Crippen LogP contribution in [-0.4, -0.2) is 18.2 Å². The number of hydrogen-bond donors (Lipinski definition) is 2. The van der Waals surface area contributed by atoms with E-state index in [9.17, 15) is 4.79 Å². The second kappa shape index (κ2) is 7.59. The fourth-order valence-electron chi connectivity index (χ4n) is 2.60. The van der Waals surface area contributed by atoms with Gasteiger partial charge in [-0.2, -0.15) is 12.6 Å². The molecule has 1 amide bonds. The quantitative estimate of drug-likeness (QED) is 0.759. The molecule has 0 spiro atoms. The van der Waals surface area contributed by atoms with Gasteiger partial charge >= 0.3 is 0 Å². The number of benzene rings is 1. The van der Waals surface area contributed by atoms with Crippen LogP contribution in [0.4, 0.5) is 0 Å². The number of nitrogens with one attached hydrogen (secondary N) is 1. The predicted octanol–water partition coefficient (Wildman–Crippen LogP) is 3.01. The number of amides is 1. The van der Waals surface area contributed by atoms with Crippen molar-refractivity contribution in [1.82, 2.24) is 5.32 Å². The van der Waals surface area contributed by atoms with Gasteiger partial charge in [0, 0.05) is 12.3 Å². The van der Waals surface area contributed by atoms with Crippen molar-refractivity contribution in [3.8, 4) is 0 Å². The number of hydrogen-bond acceptors (Lipinski definition) is 2.